The van der Waals surface area contributed by atoms with Crippen molar-refractivity contribution < 1.29 is 17.9 Å². The highest BCUT2D eigenvalue weighted by molar-refractivity contribution is 7.92. The lowest BCUT2D eigenvalue weighted by Gasteiger charge is -2.12. The molecule has 130 valence electrons. The number of H-pyrrole nitrogens is 1. The number of nitrogens with zero attached hydrogens (tertiary/aromatic N) is 1. The first kappa shape index (κ1) is 16.8. The molecule has 0 spiro atoms. The molecule has 0 atom stereocenters. The third-order valence-corrected chi connectivity index (χ3v) is 4.87. The molecule has 3 rings (SSSR count). The van der Waals surface area contributed by atoms with Crippen LogP contribution < -0.4 is 14.8 Å². The first-order chi connectivity index (χ1) is 11.9. The van der Waals surface area contributed by atoms with Crippen molar-refractivity contribution in [1.82, 2.24) is 10.2 Å². The van der Waals surface area contributed by atoms with Gasteiger partial charge in [0.25, 0.3) is 10.0 Å². The van der Waals surface area contributed by atoms with E-state index in [-0.39, 0.29) is 16.5 Å². The molecule has 25 heavy (non-hydrogen) atoms. The molecule has 0 aliphatic heterocycles. The summed E-state index contributed by atoms with van der Waals surface area (Å²) in [5, 5.41) is 10.1. The summed E-state index contributed by atoms with van der Waals surface area (Å²) in [7, 11) is -2.40. The number of fused-ring (bicyclic) bond motifs is 1. The fourth-order valence-corrected chi connectivity index (χ4v) is 3.43. The summed E-state index contributed by atoms with van der Waals surface area (Å²) in [6.45, 7) is 1.33. The molecular weight excluding hydrogens is 344 g/mol. The Morgan fingerprint density at radius 2 is 2.00 bits per heavy atom. The zero-order valence-corrected chi connectivity index (χ0v) is 14.3. The number of hydrogen-bond acceptors (Lipinski definition) is 5. The maximum Gasteiger partial charge on any atom is 0.261 e. The largest absolute Gasteiger partial charge is 0.495 e. The van der Waals surface area contributed by atoms with Gasteiger partial charge in [-0.15, -0.1) is 0 Å². The molecule has 0 bridgehead atoms. The third kappa shape index (κ3) is 3.56. The standard InChI is InChI=1S/C16H16N4O4S/c1-10(21)18-15-8-13(5-6-16(15)24-2)25(22,23)20-12-4-3-11-9-17-19-14(11)7-12/h3-9,20H,1-2H3,(H,17,19)(H,18,21). The van der Waals surface area contributed by atoms with Crippen molar-refractivity contribution in [3.63, 3.8) is 0 Å². The smallest absolute Gasteiger partial charge is 0.261 e. The second-order valence-corrected chi connectivity index (χ2v) is 7.00. The molecule has 1 amide bonds. The van der Waals surface area contributed by atoms with Gasteiger partial charge in [0.1, 0.15) is 5.75 Å². The van der Waals surface area contributed by atoms with Crippen LogP contribution in [-0.4, -0.2) is 31.6 Å². The van der Waals surface area contributed by atoms with Gasteiger partial charge in [-0.05, 0) is 36.4 Å². The van der Waals surface area contributed by atoms with Crippen LogP contribution in [0.15, 0.2) is 47.5 Å². The highest BCUT2D eigenvalue weighted by atomic mass is 32.2. The van der Waals surface area contributed by atoms with E-state index in [1.807, 2.05) is 0 Å². The number of methoxy groups -OCH3 is 1. The lowest BCUT2D eigenvalue weighted by molar-refractivity contribution is -0.114. The molecule has 0 unspecified atom stereocenters. The Bertz CT molecular complexity index is 1040. The highest BCUT2D eigenvalue weighted by Gasteiger charge is 2.17. The Kier molecular flexibility index (Phi) is 4.32. The summed E-state index contributed by atoms with van der Waals surface area (Å²) >= 11 is 0. The van der Waals surface area contributed by atoms with Crippen LogP contribution in [0.5, 0.6) is 5.75 Å². The second-order valence-electron chi connectivity index (χ2n) is 5.32. The van der Waals surface area contributed by atoms with E-state index in [4.69, 9.17) is 4.74 Å². The minimum absolute atomic E-state index is 0.00163. The van der Waals surface area contributed by atoms with E-state index < -0.39 is 10.0 Å². The molecule has 3 aromatic rings. The maximum atomic E-state index is 12.6. The Morgan fingerprint density at radius 1 is 1.20 bits per heavy atom. The minimum Gasteiger partial charge on any atom is -0.495 e. The maximum absolute atomic E-state index is 12.6. The molecule has 9 heteroatoms. The first-order valence-corrected chi connectivity index (χ1v) is 8.79. The molecule has 0 aliphatic carbocycles. The summed E-state index contributed by atoms with van der Waals surface area (Å²) in [6.07, 6.45) is 1.65. The number of benzene rings is 2. The number of carbonyl (C=O) groups excluding carboxylic acids is 1. The minimum atomic E-state index is -3.84. The molecule has 1 aromatic heterocycles. The van der Waals surface area contributed by atoms with Crippen LogP contribution in [0.4, 0.5) is 11.4 Å². The first-order valence-electron chi connectivity index (χ1n) is 7.30. The number of anilines is 2. The number of rotatable bonds is 5. The van der Waals surface area contributed by atoms with E-state index in [1.165, 1.54) is 32.2 Å². The SMILES string of the molecule is COc1ccc(S(=O)(=O)Nc2ccc3cn[nH]c3c2)cc1NC(C)=O. The van der Waals surface area contributed by atoms with Crippen LogP contribution in [0.1, 0.15) is 6.92 Å². The van der Waals surface area contributed by atoms with Crippen LogP contribution in [-0.2, 0) is 14.8 Å². The number of sulfonamides is 1. The fraction of sp³-hybridized carbons (Fsp3) is 0.125. The van der Waals surface area contributed by atoms with E-state index in [1.54, 1.807) is 24.4 Å². The molecule has 0 saturated carbocycles. The van der Waals surface area contributed by atoms with Crippen molar-refractivity contribution in [3.05, 3.63) is 42.6 Å². The summed E-state index contributed by atoms with van der Waals surface area (Å²) in [5.41, 5.74) is 1.39. The Labute approximate surface area is 144 Å². The van der Waals surface area contributed by atoms with E-state index in [0.29, 0.717) is 17.0 Å². The lowest BCUT2D eigenvalue weighted by atomic mass is 10.2. The van der Waals surface area contributed by atoms with Crippen LogP contribution >= 0.6 is 0 Å². The van der Waals surface area contributed by atoms with E-state index in [2.05, 4.69) is 20.2 Å². The average molecular weight is 360 g/mol. The molecule has 1 heterocycles. The van der Waals surface area contributed by atoms with E-state index >= 15 is 0 Å². The molecule has 0 fully saturated rings. The van der Waals surface area contributed by atoms with Gasteiger partial charge in [0.15, 0.2) is 0 Å². The molecule has 3 N–H and O–H groups in total. The molecular formula is C16H16N4O4S. The number of nitrogens with one attached hydrogen (secondary N) is 3. The average Bonchev–Trinajstić information content (AvgIpc) is 3.01. The molecule has 0 saturated heterocycles. The van der Waals surface area contributed by atoms with Gasteiger partial charge in [-0.25, -0.2) is 8.42 Å². The van der Waals surface area contributed by atoms with E-state index in [0.717, 1.165) is 5.39 Å². The van der Waals surface area contributed by atoms with Crippen molar-refractivity contribution in [2.24, 2.45) is 0 Å². The van der Waals surface area contributed by atoms with Crippen molar-refractivity contribution >= 4 is 38.2 Å². The summed E-state index contributed by atoms with van der Waals surface area (Å²) < 4.78 is 32.9. The van der Waals surface area contributed by atoms with Gasteiger partial charge in [0.05, 0.1) is 35.1 Å². The van der Waals surface area contributed by atoms with Crippen molar-refractivity contribution in [1.29, 1.82) is 0 Å². The number of amides is 1. The Morgan fingerprint density at radius 3 is 2.72 bits per heavy atom. The molecule has 0 radical (unpaired) electrons. The van der Waals surface area contributed by atoms with Gasteiger partial charge in [0, 0.05) is 12.3 Å². The van der Waals surface area contributed by atoms with Crippen LogP contribution in [0.3, 0.4) is 0 Å². The Hall–Kier alpha value is -3.07. The molecule has 8 nitrogen and oxygen atoms in total. The van der Waals surface area contributed by atoms with Gasteiger partial charge in [-0.1, -0.05) is 0 Å². The molecule has 0 aliphatic rings. The van der Waals surface area contributed by atoms with Crippen molar-refractivity contribution in [2.75, 3.05) is 17.1 Å². The van der Waals surface area contributed by atoms with Crippen LogP contribution in [0.25, 0.3) is 10.9 Å². The lowest BCUT2D eigenvalue weighted by Crippen LogP contribution is -2.14. The number of ether oxygens (including phenoxy) is 1. The predicted octanol–water partition coefficient (Wildman–Crippen LogP) is 2.33. The van der Waals surface area contributed by atoms with Crippen LogP contribution in [0, 0.1) is 0 Å². The zero-order valence-electron chi connectivity index (χ0n) is 13.5. The third-order valence-electron chi connectivity index (χ3n) is 3.49. The van der Waals surface area contributed by atoms with Crippen LogP contribution in [0.2, 0.25) is 0 Å². The summed E-state index contributed by atoms with van der Waals surface area (Å²) in [5.74, 6) is 0.0403. The summed E-state index contributed by atoms with van der Waals surface area (Å²) in [4.78, 5) is 11.3. The number of hydrogen-bond donors (Lipinski definition) is 3. The quantitative estimate of drug-likeness (QED) is 0.646. The van der Waals surface area contributed by atoms with Crippen molar-refractivity contribution in [2.45, 2.75) is 11.8 Å². The zero-order chi connectivity index (χ0) is 18.0. The second kappa shape index (κ2) is 6.44. The number of aromatic nitrogens is 2. The van der Waals surface area contributed by atoms with Gasteiger partial charge < -0.3 is 10.1 Å². The topological polar surface area (TPSA) is 113 Å². The Balaban J connectivity index is 1.94. The van der Waals surface area contributed by atoms with Gasteiger partial charge in [-0.3, -0.25) is 14.6 Å². The number of carbonyl (C=O) groups is 1. The van der Waals surface area contributed by atoms with Gasteiger partial charge >= 0.3 is 0 Å². The number of aromatic amines is 1. The predicted molar refractivity (Wildman–Crippen MR) is 94.2 cm³/mol. The van der Waals surface area contributed by atoms with E-state index in [9.17, 15) is 13.2 Å². The highest BCUT2D eigenvalue weighted by Crippen LogP contribution is 2.28. The monoisotopic (exact) mass is 360 g/mol. The molecule has 2 aromatic carbocycles. The van der Waals surface area contributed by atoms with Gasteiger partial charge in [-0.2, -0.15) is 5.10 Å². The van der Waals surface area contributed by atoms with Crippen molar-refractivity contribution in [3.8, 4) is 5.75 Å². The fourth-order valence-electron chi connectivity index (χ4n) is 2.36. The summed E-state index contributed by atoms with van der Waals surface area (Å²) in [6, 6.07) is 9.29. The van der Waals surface area contributed by atoms with Gasteiger partial charge in [0.2, 0.25) is 5.91 Å². The normalized spacial score (nSPS) is 11.3.